The van der Waals surface area contributed by atoms with Gasteiger partial charge in [-0.3, -0.25) is 14.6 Å². The van der Waals surface area contributed by atoms with Gasteiger partial charge in [-0.25, -0.2) is 0 Å². The summed E-state index contributed by atoms with van der Waals surface area (Å²) in [7, 11) is 0. The number of nitrogens with one attached hydrogen (secondary N) is 2. The molecule has 7 nitrogen and oxygen atoms in total. The maximum atomic E-state index is 12.5. The molecule has 4 bridgehead atoms. The average Bonchev–Trinajstić information content (AvgIpc) is 3.30. The molecule has 2 N–H and O–H groups in total. The van der Waals surface area contributed by atoms with Crippen LogP contribution in [0.1, 0.15) is 50.5 Å². The number of rotatable bonds is 5. The Morgan fingerprint density at radius 1 is 1.13 bits per heavy atom. The molecule has 164 valence electrons. The third-order valence-electron chi connectivity index (χ3n) is 7.42. The topological polar surface area (TPSA) is 89.0 Å². The minimum absolute atomic E-state index is 0.0286. The van der Waals surface area contributed by atoms with Crippen LogP contribution in [0.3, 0.4) is 0 Å². The summed E-state index contributed by atoms with van der Waals surface area (Å²) in [6.45, 7) is 0.620. The number of ether oxygens (including phenoxy) is 2. The SMILES string of the molecule is O=C(CC1SC(=NC23CC4CC(CC(C4)C2)C3)NC1=O)NCc1ccc2c(c1)OCO2. The van der Waals surface area contributed by atoms with E-state index in [-0.39, 0.29) is 30.6 Å². The first-order valence-electron chi connectivity index (χ1n) is 11.3. The Kier molecular flexibility index (Phi) is 4.67. The molecule has 8 heteroatoms. The minimum atomic E-state index is -0.413. The first-order chi connectivity index (χ1) is 15.0. The van der Waals surface area contributed by atoms with Crippen LogP contribution in [0, 0.1) is 17.8 Å². The van der Waals surface area contributed by atoms with E-state index in [1.165, 1.54) is 50.3 Å². The van der Waals surface area contributed by atoms with Crippen LogP contribution < -0.4 is 20.1 Å². The van der Waals surface area contributed by atoms with Crippen LogP contribution in [0.15, 0.2) is 23.2 Å². The Labute approximate surface area is 185 Å². The zero-order valence-corrected chi connectivity index (χ0v) is 18.2. The number of hydrogen-bond acceptors (Lipinski definition) is 6. The van der Waals surface area contributed by atoms with Gasteiger partial charge in [-0.1, -0.05) is 17.8 Å². The summed E-state index contributed by atoms with van der Waals surface area (Å²) < 4.78 is 10.7. The number of carbonyl (C=O) groups is 2. The fourth-order valence-corrected chi connectivity index (χ4v) is 7.58. The van der Waals surface area contributed by atoms with Gasteiger partial charge in [0.05, 0.1) is 5.54 Å². The molecule has 5 fully saturated rings. The molecule has 2 heterocycles. The average molecular weight is 442 g/mol. The molecule has 2 aliphatic heterocycles. The van der Waals surface area contributed by atoms with Crippen molar-refractivity contribution in [1.82, 2.24) is 10.6 Å². The molecule has 31 heavy (non-hydrogen) atoms. The van der Waals surface area contributed by atoms with Crippen molar-refractivity contribution < 1.29 is 19.1 Å². The van der Waals surface area contributed by atoms with Crippen LogP contribution in [0.5, 0.6) is 11.5 Å². The lowest BCUT2D eigenvalue weighted by Gasteiger charge is -2.55. The van der Waals surface area contributed by atoms with E-state index in [9.17, 15) is 9.59 Å². The van der Waals surface area contributed by atoms with E-state index in [2.05, 4.69) is 10.6 Å². The van der Waals surface area contributed by atoms with E-state index in [0.717, 1.165) is 34.2 Å². The first-order valence-corrected chi connectivity index (χ1v) is 12.1. The van der Waals surface area contributed by atoms with Crippen molar-refractivity contribution >= 4 is 28.7 Å². The zero-order chi connectivity index (χ0) is 21.0. The molecule has 7 rings (SSSR count). The van der Waals surface area contributed by atoms with Crippen molar-refractivity contribution in [3.63, 3.8) is 0 Å². The third-order valence-corrected chi connectivity index (χ3v) is 8.50. The second-order valence-electron chi connectivity index (χ2n) is 9.82. The molecule has 1 aromatic rings. The summed E-state index contributed by atoms with van der Waals surface area (Å²) in [5, 5.41) is 6.17. The lowest BCUT2D eigenvalue weighted by Crippen LogP contribution is -2.50. The van der Waals surface area contributed by atoms with Crippen LogP contribution >= 0.6 is 11.8 Å². The van der Waals surface area contributed by atoms with E-state index in [4.69, 9.17) is 14.5 Å². The standard InChI is InChI=1S/C23H27N3O4S/c27-20(24-11-13-1-2-17-18(6-13)30-12-29-17)7-19-21(28)25-22(31-19)26-23-8-14-3-15(9-23)5-16(4-14)10-23/h1-2,6,14-16,19H,3-5,7-12H2,(H,24,27)(H,25,26,28). The molecule has 4 aliphatic carbocycles. The second-order valence-corrected chi connectivity index (χ2v) is 11.0. The molecule has 1 aromatic carbocycles. The summed E-state index contributed by atoms with van der Waals surface area (Å²) in [4.78, 5) is 30.0. The number of thioether (sulfide) groups is 1. The molecule has 0 radical (unpaired) electrons. The van der Waals surface area contributed by atoms with Crippen molar-refractivity contribution in [2.45, 2.75) is 62.3 Å². The normalized spacial score (nSPS) is 36.1. The van der Waals surface area contributed by atoms with Crippen molar-refractivity contribution in [3.8, 4) is 11.5 Å². The Hall–Kier alpha value is -2.22. The van der Waals surface area contributed by atoms with Gasteiger partial charge in [-0.05, 0) is 74.0 Å². The van der Waals surface area contributed by atoms with Gasteiger partial charge in [0, 0.05) is 13.0 Å². The first kappa shape index (κ1) is 19.5. The number of aliphatic imine (C=N–C) groups is 1. The highest BCUT2D eigenvalue weighted by Crippen LogP contribution is 2.57. The van der Waals surface area contributed by atoms with Crippen molar-refractivity contribution in [2.75, 3.05) is 6.79 Å². The lowest BCUT2D eigenvalue weighted by molar-refractivity contribution is -0.125. The van der Waals surface area contributed by atoms with Crippen LogP contribution in [-0.4, -0.2) is 34.6 Å². The molecule has 1 unspecified atom stereocenters. The highest BCUT2D eigenvalue weighted by Gasteiger charge is 2.51. The van der Waals surface area contributed by atoms with Crippen LogP contribution in [0.2, 0.25) is 0 Å². The monoisotopic (exact) mass is 441 g/mol. The molecule has 1 saturated heterocycles. The number of carbonyl (C=O) groups excluding carboxylic acids is 2. The molecule has 0 spiro atoms. The van der Waals surface area contributed by atoms with Gasteiger partial charge in [-0.2, -0.15) is 0 Å². The van der Waals surface area contributed by atoms with E-state index >= 15 is 0 Å². The zero-order valence-electron chi connectivity index (χ0n) is 17.4. The van der Waals surface area contributed by atoms with E-state index in [1.54, 1.807) is 0 Å². The maximum absolute atomic E-state index is 12.5. The molecule has 6 aliphatic rings. The summed E-state index contributed by atoms with van der Waals surface area (Å²) >= 11 is 1.43. The van der Waals surface area contributed by atoms with Gasteiger partial charge in [0.25, 0.3) is 0 Å². The fourth-order valence-electron chi connectivity index (χ4n) is 6.50. The van der Waals surface area contributed by atoms with E-state index < -0.39 is 5.25 Å². The van der Waals surface area contributed by atoms with Crippen molar-refractivity contribution in [3.05, 3.63) is 23.8 Å². The van der Waals surface area contributed by atoms with Crippen LogP contribution in [0.4, 0.5) is 0 Å². The number of amidine groups is 1. The maximum Gasteiger partial charge on any atom is 0.240 e. The molecule has 2 amide bonds. The third kappa shape index (κ3) is 3.79. The van der Waals surface area contributed by atoms with Gasteiger partial charge in [0.1, 0.15) is 5.25 Å². The Morgan fingerprint density at radius 2 is 1.84 bits per heavy atom. The van der Waals surface area contributed by atoms with Gasteiger partial charge >= 0.3 is 0 Å². The molecule has 4 saturated carbocycles. The Bertz CT molecular complexity index is 927. The number of benzene rings is 1. The second kappa shape index (κ2) is 7.43. The summed E-state index contributed by atoms with van der Waals surface area (Å²) in [6, 6.07) is 5.62. The predicted octanol–water partition coefficient (Wildman–Crippen LogP) is 2.98. The minimum Gasteiger partial charge on any atom is -0.454 e. The fraction of sp³-hybridized carbons (Fsp3) is 0.609. The van der Waals surface area contributed by atoms with E-state index in [0.29, 0.717) is 12.3 Å². The van der Waals surface area contributed by atoms with Crippen molar-refractivity contribution in [1.29, 1.82) is 0 Å². The Balaban J connectivity index is 1.05. The van der Waals surface area contributed by atoms with E-state index in [1.807, 2.05) is 18.2 Å². The van der Waals surface area contributed by atoms with Crippen molar-refractivity contribution in [2.24, 2.45) is 22.7 Å². The number of fused-ring (bicyclic) bond motifs is 1. The van der Waals surface area contributed by atoms with Crippen LogP contribution in [-0.2, 0) is 16.1 Å². The van der Waals surface area contributed by atoms with Gasteiger partial charge in [-0.15, -0.1) is 0 Å². The van der Waals surface area contributed by atoms with Crippen LogP contribution in [0.25, 0.3) is 0 Å². The molecule has 1 atom stereocenters. The predicted molar refractivity (Wildman–Crippen MR) is 117 cm³/mol. The van der Waals surface area contributed by atoms with Gasteiger partial charge < -0.3 is 20.1 Å². The highest BCUT2D eigenvalue weighted by atomic mass is 32.2. The smallest absolute Gasteiger partial charge is 0.240 e. The lowest BCUT2D eigenvalue weighted by atomic mass is 9.53. The molecule has 0 aromatic heterocycles. The quantitative estimate of drug-likeness (QED) is 0.733. The molecular formula is C23H27N3O4S. The number of hydrogen-bond donors (Lipinski definition) is 2. The highest BCUT2D eigenvalue weighted by molar-refractivity contribution is 8.15. The van der Waals surface area contributed by atoms with Gasteiger partial charge in [0.15, 0.2) is 16.7 Å². The number of nitrogens with zero attached hydrogens (tertiary/aromatic N) is 1. The largest absolute Gasteiger partial charge is 0.454 e. The molecular weight excluding hydrogens is 414 g/mol. The summed E-state index contributed by atoms with van der Waals surface area (Å²) in [5.41, 5.74) is 0.964. The Morgan fingerprint density at radius 3 is 2.58 bits per heavy atom. The summed E-state index contributed by atoms with van der Waals surface area (Å²) in [5.74, 6) is 3.62. The van der Waals surface area contributed by atoms with Gasteiger partial charge in [0.2, 0.25) is 18.6 Å². The summed E-state index contributed by atoms with van der Waals surface area (Å²) in [6.07, 6.45) is 7.76. The number of amides is 2.